The number of nitrogens with zero attached hydrogens (tertiary/aromatic N) is 5. The van der Waals surface area contributed by atoms with Crippen molar-refractivity contribution in [1.82, 2.24) is 29.2 Å². The van der Waals surface area contributed by atoms with E-state index in [2.05, 4.69) is 50.5 Å². The molecular formula is C32H35N7O2. The molecule has 1 aliphatic heterocycles. The highest BCUT2D eigenvalue weighted by Crippen LogP contribution is 2.44. The highest BCUT2D eigenvalue weighted by atomic mass is 16.5. The van der Waals surface area contributed by atoms with Gasteiger partial charge >= 0.3 is 0 Å². The molecule has 2 aliphatic carbocycles. The van der Waals surface area contributed by atoms with Crippen LogP contribution in [0.4, 0.5) is 0 Å². The summed E-state index contributed by atoms with van der Waals surface area (Å²) in [6.07, 6.45) is 5.12. The predicted octanol–water partition coefficient (Wildman–Crippen LogP) is 4.81. The van der Waals surface area contributed by atoms with Gasteiger partial charge in [0.05, 0.1) is 29.5 Å². The first-order valence-electron chi connectivity index (χ1n) is 14.7. The van der Waals surface area contributed by atoms with Crippen molar-refractivity contribution in [2.75, 3.05) is 13.7 Å². The predicted molar refractivity (Wildman–Crippen MR) is 159 cm³/mol. The summed E-state index contributed by atoms with van der Waals surface area (Å²) in [6.45, 7) is 3.98. The van der Waals surface area contributed by atoms with Crippen LogP contribution in [-0.4, -0.2) is 60.9 Å². The molecule has 9 heteroatoms. The number of para-hydroxylation sites is 1. The zero-order valence-corrected chi connectivity index (χ0v) is 23.7. The van der Waals surface area contributed by atoms with Crippen molar-refractivity contribution in [2.45, 2.75) is 44.8 Å². The van der Waals surface area contributed by atoms with Gasteiger partial charge in [-0.2, -0.15) is 5.10 Å². The lowest BCUT2D eigenvalue weighted by molar-refractivity contribution is 0.0700. The molecule has 3 N–H and O–H groups in total. The van der Waals surface area contributed by atoms with E-state index in [-0.39, 0.29) is 18.0 Å². The summed E-state index contributed by atoms with van der Waals surface area (Å²) in [4.78, 5) is 20.8. The number of piperidine rings is 1. The summed E-state index contributed by atoms with van der Waals surface area (Å²) in [5.41, 5.74) is 13.0. The monoisotopic (exact) mass is 549 g/mol. The Morgan fingerprint density at radius 2 is 2.02 bits per heavy atom. The lowest BCUT2D eigenvalue weighted by Crippen LogP contribution is -2.41. The Kier molecular flexibility index (Phi) is 5.38. The minimum atomic E-state index is 0.0149. The van der Waals surface area contributed by atoms with Crippen molar-refractivity contribution in [3.05, 3.63) is 54.2 Å². The number of methoxy groups -OCH3 is 1. The van der Waals surface area contributed by atoms with Crippen molar-refractivity contribution < 1.29 is 9.53 Å². The number of aryl methyl sites for hydroxylation is 1. The number of ether oxygens (including phenoxy) is 1. The Morgan fingerprint density at radius 1 is 1.17 bits per heavy atom. The highest BCUT2D eigenvalue weighted by Gasteiger charge is 2.47. The largest absolute Gasteiger partial charge is 0.494 e. The van der Waals surface area contributed by atoms with Crippen LogP contribution in [0.15, 0.2) is 48.7 Å². The second kappa shape index (κ2) is 8.94. The van der Waals surface area contributed by atoms with Gasteiger partial charge in [0.25, 0.3) is 5.91 Å². The van der Waals surface area contributed by atoms with E-state index in [0.29, 0.717) is 29.1 Å². The fourth-order valence-electron chi connectivity index (χ4n) is 7.48. The number of hydrogen-bond acceptors (Lipinski definition) is 5. The van der Waals surface area contributed by atoms with Crippen LogP contribution in [0, 0.1) is 17.8 Å². The Morgan fingerprint density at radius 3 is 2.71 bits per heavy atom. The smallest absolute Gasteiger partial charge is 0.254 e. The molecule has 2 saturated carbocycles. The van der Waals surface area contributed by atoms with E-state index in [0.717, 1.165) is 65.1 Å². The van der Waals surface area contributed by atoms with Crippen LogP contribution in [-0.2, 0) is 13.6 Å². The SMILES string of the molecule is COc1cc(C(=O)N2C[C@H]3CC[C@@H]2[C@@H]3N)cc2nc(-c3cc4cccc(-c5ccn[nH]5)c4n3CC3CC3C)n(C)c12. The van der Waals surface area contributed by atoms with E-state index in [1.807, 2.05) is 30.1 Å². The Bertz CT molecular complexity index is 1820. The van der Waals surface area contributed by atoms with Gasteiger partial charge in [-0.25, -0.2) is 4.98 Å². The molecule has 0 spiro atoms. The van der Waals surface area contributed by atoms with Crippen LogP contribution in [0.25, 0.3) is 44.7 Å². The standard InChI is InChI=1S/C32H35N7O2/c1-17-11-21(17)16-38-26(13-18-5-4-6-22(29(18)38)23-9-10-34-36-23)31-35-24-12-20(14-27(41-3)30(24)37(31)2)32(40)39-15-19-7-8-25(39)28(19)33/h4-6,9-10,12-14,17,19,21,25,28H,7-8,11,15-16,33H2,1-3H3,(H,34,36)/t17?,19-,21?,25-,28-/m1/s1. The number of imidazole rings is 1. The van der Waals surface area contributed by atoms with Gasteiger partial charge in [0, 0.05) is 54.9 Å². The summed E-state index contributed by atoms with van der Waals surface area (Å²) in [6, 6.07) is 14.7. The van der Waals surface area contributed by atoms with Crippen LogP contribution in [0.5, 0.6) is 5.75 Å². The first-order chi connectivity index (χ1) is 19.9. The van der Waals surface area contributed by atoms with Gasteiger partial charge in [-0.3, -0.25) is 9.89 Å². The van der Waals surface area contributed by atoms with Gasteiger partial charge in [0.15, 0.2) is 5.82 Å². The normalized spacial score (nSPS) is 25.1. The molecule has 0 radical (unpaired) electrons. The van der Waals surface area contributed by atoms with Crippen LogP contribution in [0.1, 0.15) is 36.5 Å². The lowest BCUT2D eigenvalue weighted by atomic mass is 10.1. The zero-order valence-electron chi connectivity index (χ0n) is 23.7. The molecule has 1 amide bonds. The zero-order chi connectivity index (χ0) is 28.0. The van der Waals surface area contributed by atoms with Crippen molar-refractivity contribution in [3.8, 4) is 28.5 Å². The number of fused-ring (bicyclic) bond motifs is 4. The molecule has 5 atom stereocenters. The first-order valence-corrected chi connectivity index (χ1v) is 14.7. The number of amides is 1. The molecule has 3 fully saturated rings. The molecule has 2 bridgehead atoms. The third-order valence-electron chi connectivity index (χ3n) is 9.95. The Balaban J connectivity index is 1.28. The van der Waals surface area contributed by atoms with Gasteiger partial charge in [0.1, 0.15) is 11.3 Å². The summed E-state index contributed by atoms with van der Waals surface area (Å²) >= 11 is 0. The Hall–Kier alpha value is -4.11. The summed E-state index contributed by atoms with van der Waals surface area (Å²) in [5, 5.41) is 8.53. The quantitative estimate of drug-likeness (QED) is 0.316. The molecule has 9 nitrogen and oxygen atoms in total. The maximum atomic E-state index is 13.7. The number of aromatic nitrogens is 5. The number of rotatable bonds is 6. The highest BCUT2D eigenvalue weighted by molar-refractivity contribution is 6.01. The molecule has 4 heterocycles. The number of benzene rings is 2. The summed E-state index contributed by atoms with van der Waals surface area (Å²) in [7, 11) is 3.69. The molecule has 210 valence electrons. The van der Waals surface area contributed by atoms with Gasteiger partial charge in [-0.15, -0.1) is 0 Å². The molecule has 2 aromatic carbocycles. The number of hydrogen-bond donors (Lipinski definition) is 2. The third-order valence-corrected chi connectivity index (χ3v) is 9.95. The number of carbonyl (C=O) groups is 1. The lowest BCUT2D eigenvalue weighted by Gasteiger charge is -2.27. The first kappa shape index (κ1) is 24.7. The Labute approximate surface area is 238 Å². The molecule has 41 heavy (non-hydrogen) atoms. The fourth-order valence-corrected chi connectivity index (χ4v) is 7.48. The molecular weight excluding hydrogens is 514 g/mol. The van der Waals surface area contributed by atoms with E-state index in [1.165, 1.54) is 11.9 Å². The van der Waals surface area contributed by atoms with Gasteiger partial charge < -0.3 is 24.5 Å². The van der Waals surface area contributed by atoms with Crippen LogP contribution < -0.4 is 10.5 Å². The number of nitrogens with one attached hydrogen (secondary N) is 1. The van der Waals surface area contributed by atoms with Crippen LogP contribution in [0.3, 0.4) is 0 Å². The van der Waals surface area contributed by atoms with E-state index in [4.69, 9.17) is 15.5 Å². The number of nitrogens with two attached hydrogens (primary N) is 1. The second-order valence-corrected chi connectivity index (χ2v) is 12.3. The molecule has 1 saturated heterocycles. The minimum Gasteiger partial charge on any atom is -0.494 e. The fraction of sp³-hybridized carbons (Fsp3) is 0.406. The molecule has 5 aromatic rings. The van der Waals surface area contributed by atoms with E-state index in [9.17, 15) is 4.79 Å². The maximum absolute atomic E-state index is 13.7. The van der Waals surface area contributed by atoms with Crippen molar-refractivity contribution in [1.29, 1.82) is 0 Å². The van der Waals surface area contributed by atoms with Crippen molar-refractivity contribution >= 4 is 27.8 Å². The third kappa shape index (κ3) is 3.68. The van der Waals surface area contributed by atoms with Gasteiger partial charge in [0.2, 0.25) is 0 Å². The van der Waals surface area contributed by atoms with Crippen LogP contribution in [0.2, 0.25) is 0 Å². The van der Waals surface area contributed by atoms with Gasteiger partial charge in [-0.1, -0.05) is 25.1 Å². The average Bonchev–Trinajstić information content (AvgIpc) is 3.55. The maximum Gasteiger partial charge on any atom is 0.254 e. The topological polar surface area (TPSA) is 107 Å². The molecule has 3 aromatic heterocycles. The number of H-pyrrole nitrogens is 1. The number of carbonyl (C=O) groups excluding carboxylic acids is 1. The minimum absolute atomic E-state index is 0.0149. The average molecular weight is 550 g/mol. The molecule has 8 rings (SSSR count). The molecule has 2 unspecified atom stereocenters. The second-order valence-electron chi connectivity index (χ2n) is 12.3. The van der Waals surface area contributed by atoms with E-state index in [1.54, 1.807) is 13.3 Å². The molecule has 3 aliphatic rings. The van der Waals surface area contributed by atoms with E-state index < -0.39 is 0 Å². The van der Waals surface area contributed by atoms with E-state index >= 15 is 0 Å². The number of aromatic amines is 1. The van der Waals surface area contributed by atoms with Gasteiger partial charge in [-0.05, 0) is 61.3 Å². The van der Waals surface area contributed by atoms with Crippen molar-refractivity contribution in [3.63, 3.8) is 0 Å². The number of likely N-dealkylation sites (tertiary alicyclic amines) is 1. The van der Waals surface area contributed by atoms with Crippen LogP contribution >= 0.6 is 0 Å². The summed E-state index contributed by atoms with van der Waals surface area (Å²) in [5.74, 6) is 3.26. The summed E-state index contributed by atoms with van der Waals surface area (Å²) < 4.78 is 10.4. The van der Waals surface area contributed by atoms with Crippen molar-refractivity contribution in [2.24, 2.45) is 30.5 Å².